The number of hydrogen-bond donors (Lipinski definition) is 2. The molecule has 0 aliphatic rings. The molecular weight excluding hydrogens is 296 g/mol. The van der Waals surface area contributed by atoms with Crippen molar-refractivity contribution >= 4 is 16.5 Å². The van der Waals surface area contributed by atoms with Crippen LogP contribution in [-0.2, 0) is 7.05 Å². The molecule has 0 spiro atoms. The van der Waals surface area contributed by atoms with E-state index in [-0.39, 0.29) is 0 Å². The lowest BCUT2D eigenvalue weighted by atomic mass is 10.2. The summed E-state index contributed by atoms with van der Waals surface area (Å²) in [7, 11) is 1.88. The van der Waals surface area contributed by atoms with Gasteiger partial charge >= 0.3 is 0 Å². The molecule has 0 unspecified atom stereocenters. The monoisotopic (exact) mass is 312 g/mol. The maximum atomic E-state index is 5.52. The van der Waals surface area contributed by atoms with E-state index in [1.807, 2.05) is 42.9 Å². The topological polar surface area (TPSA) is 81.6 Å². The Kier molecular flexibility index (Phi) is 3.99. The van der Waals surface area contributed by atoms with Gasteiger partial charge in [0.25, 0.3) is 0 Å². The van der Waals surface area contributed by atoms with Crippen molar-refractivity contribution < 1.29 is 0 Å². The molecule has 0 aromatic carbocycles. The van der Waals surface area contributed by atoms with Crippen molar-refractivity contribution in [1.82, 2.24) is 19.7 Å². The van der Waals surface area contributed by atoms with Crippen LogP contribution in [0.4, 0.5) is 5.13 Å². The predicted molar refractivity (Wildman–Crippen MR) is 89.4 cm³/mol. The molecule has 0 amide bonds. The fourth-order valence-corrected chi connectivity index (χ4v) is 2.67. The fourth-order valence-electron chi connectivity index (χ4n) is 1.92. The van der Waals surface area contributed by atoms with Crippen LogP contribution in [0.3, 0.4) is 0 Å². The molecule has 3 aromatic heterocycles. The Balaban J connectivity index is 1.88. The molecule has 3 aromatic rings. The summed E-state index contributed by atoms with van der Waals surface area (Å²) in [6.45, 7) is 4.19. The Morgan fingerprint density at radius 2 is 2.00 bits per heavy atom. The Hall–Kier alpha value is -2.51. The van der Waals surface area contributed by atoms with E-state index in [9.17, 15) is 0 Å². The first kappa shape index (κ1) is 14.4. The van der Waals surface area contributed by atoms with Gasteiger partial charge in [0.15, 0.2) is 5.13 Å². The maximum Gasteiger partial charge on any atom is 0.187 e. The molecule has 0 atom stereocenters. The lowest BCUT2D eigenvalue weighted by molar-refractivity contribution is 0.770. The SMILES string of the molecule is C=C(CN)Nc1nc(-c2cccc(-c3ccn(C)n3)n2)cs1. The molecule has 0 bridgehead atoms. The van der Waals surface area contributed by atoms with Crippen molar-refractivity contribution in [3.8, 4) is 22.8 Å². The minimum absolute atomic E-state index is 0.377. The molecule has 0 fully saturated rings. The van der Waals surface area contributed by atoms with E-state index >= 15 is 0 Å². The van der Waals surface area contributed by atoms with Crippen LogP contribution in [0.2, 0.25) is 0 Å². The van der Waals surface area contributed by atoms with Crippen LogP contribution in [0, 0.1) is 0 Å². The molecule has 7 heteroatoms. The van der Waals surface area contributed by atoms with Gasteiger partial charge in [-0.15, -0.1) is 11.3 Å². The number of rotatable bonds is 5. The third kappa shape index (κ3) is 3.05. The number of pyridine rings is 1. The zero-order valence-corrected chi connectivity index (χ0v) is 13.0. The molecular formula is C15H16N6S. The molecule has 0 saturated heterocycles. The van der Waals surface area contributed by atoms with Gasteiger partial charge in [0.2, 0.25) is 0 Å². The van der Waals surface area contributed by atoms with Crippen LogP contribution >= 0.6 is 11.3 Å². The average molecular weight is 312 g/mol. The number of nitrogens with one attached hydrogen (secondary N) is 1. The first-order valence-corrected chi connectivity index (χ1v) is 7.61. The lowest BCUT2D eigenvalue weighted by Gasteiger charge is -2.02. The summed E-state index contributed by atoms with van der Waals surface area (Å²) in [6.07, 6.45) is 1.90. The lowest BCUT2D eigenvalue weighted by Crippen LogP contribution is -2.09. The third-order valence-electron chi connectivity index (χ3n) is 3.02. The predicted octanol–water partition coefficient (Wildman–Crippen LogP) is 2.49. The van der Waals surface area contributed by atoms with Crippen LogP contribution in [0.25, 0.3) is 22.8 Å². The molecule has 0 saturated carbocycles. The summed E-state index contributed by atoms with van der Waals surface area (Å²) < 4.78 is 1.76. The van der Waals surface area contributed by atoms with E-state index in [0.29, 0.717) is 6.54 Å². The van der Waals surface area contributed by atoms with Crippen molar-refractivity contribution in [3.63, 3.8) is 0 Å². The first-order valence-electron chi connectivity index (χ1n) is 6.73. The van der Waals surface area contributed by atoms with Crippen LogP contribution in [0.1, 0.15) is 0 Å². The summed E-state index contributed by atoms with van der Waals surface area (Å²) in [5.41, 5.74) is 9.54. The number of nitrogens with zero attached hydrogens (tertiary/aromatic N) is 4. The molecule has 112 valence electrons. The van der Waals surface area contributed by atoms with Crippen LogP contribution in [-0.4, -0.2) is 26.3 Å². The third-order valence-corrected chi connectivity index (χ3v) is 3.78. The molecule has 6 nitrogen and oxygen atoms in total. The van der Waals surface area contributed by atoms with Crippen molar-refractivity contribution in [2.75, 3.05) is 11.9 Å². The molecule has 3 N–H and O–H groups in total. The second kappa shape index (κ2) is 6.08. The molecule has 3 rings (SSSR count). The number of aromatic nitrogens is 4. The first-order chi connectivity index (χ1) is 10.7. The number of anilines is 1. The standard InChI is InChI=1S/C15H16N6S/c1-10(8-16)17-15-19-14(9-22-15)12-5-3-4-11(18-12)13-6-7-21(2)20-13/h3-7,9H,1,8,16H2,2H3,(H,17,19). The number of nitrogens with two attached hydrogens (primary N) is 1. The molecule has 22 heavy (non-hydrogen) atoms. The van der Waals surface area contributed by atoms with Gasteiger partial charge in [-0.1, -0.05) is 12.6 Å². The van der Waals surface area contributed by atoms with Gasteiger partial charge in [0.1, 0.15) is 11.4 Å². The van der Waals surface area contributed by atoms with Crippen molar-refractivity contribution in [2.24, 2.45) is 12.8 Å². The van der Waals surface area contributed by atoms with E-state index in [2.05, 4.69) is 27.0 Å². The van der Waals surface area contributed by atoms with E-state index < -0.39 is 0 Å². The van der Waals surface area contributed by atoms with Crippen LogP contribution in [0.5, 0.6) is 0 Å². The van der Waals surface area contributed by atoms with Crippen molar-refractivity contribution in [2.45, 2.75) is 0 Å². The smallest absolute Gasteiger partial charge is 0.187 e. The fraction of sp³-hybridized carbons (Fsp3) is 0.133. The number of hydrogen-bond acceptors (Lipinski definition) is 6. The van der Waals surface area contributed by atoms with Crippen molar-refractivity contribution in [1.29, 1.82) is 0 Å². The van der Waals surface area contributed by atoms with Gasteiger partial charge in [-0.25, -0.2) is 9.97 Å². The second-order valence-corrected chi connectivity index (χ2v) is 5.61. The molecule has 0 radical (unpaired) electrons. The minimum atomic E-state index is 0.377. The normalized spacial score (nSPS) is 10.6. The summed E-state index contributed by atoms with van der Waals surface area (Å²) in [5.74, 6) is 0. The highest BCUT2D eigenvalue weighted by molar-refractivity contribution is 7.14. The van der Waals surface area contributed by atoms with Gasteiger partial charge < -0.3 is 11.1 Å². The summed E-state index contributed by atoms with van der Waals surface area (Å²) in [4.78, 5) is 9.14. The largest absolute Gasteiger partial charge is 0.334 e. The summed E-state index contributed by atoms with van der Waals surface area (Å²) in [5, 5.41) is 10.2. The molecule has 0 aliphatic heterocycles. The second-order valence-electron chi connectivity index (χ2n) is 4.75. The van der Waals surface area contributed by atoms with Gasteiger partial charge in [-0.2, -0.15) is 5.10 Å². The van der Waals surface area contributed by atoms with Gasteiger partial charge in [0.05, 0.1) is 11.4 Å². The molecule has 3 heterocycles. The van der Waals surface area contributed by atoms with E-state index in [4.69, 9.17) is 5.73 Å². The van der Waals surface area contributed by atoms with Crippen LogP contribution < -0.4 is 11.1 Å². The Labute approximate surface area is 132 Å². The van der Waals surface area contributed by atoms with Gasteiger partial charge in [-0.3, -0.25) is 4.68 Å². The Morgan fingerprint density at radius 3 is 2.68 bits per heavy atom. The summed E-state index contributed by atoms with van der Waals surface area (Å²) in [6, 6.07) is 7.76. The van der Waals surface area contributed by atoms with E-state index in [1.54, 1.807) is 4.68 Å². The van der Waals surface area contributed by atoms with E-state index in [0.717, 1.165) is 33.6 Å². The Bertz CT molecular complexity index is 804. The average Bonchev–Trinajstić information content (AvgIpc) is 3.16. The molecule has 0 aliphatic carbocycles. The highest BCUT2D eigenvalue weighted by Crippen LogP contribution is 2.26. The maximum absolute atomic E-state index is 5.52. The van der Waals surface area contributed by atoms with Crippen LogP contribution in [0.15, 0.2) is 48.1 Å². The zero-order chi connectivity index (χ0) is 15.5. The quantitative estimate of drug-likeness (QED) is 0.756. The number of aryl methyl sites for hydroxylation is 1. The van der Waals surface area contributed by atoms with Crippen molar-refractivity contribution in [3.05, 3.63) is 48.1 Å². The number of thiazole rings is 1. The zero-order valence-electron chi connectivity index (χ0n) is 12.2. The van der Waals surface area contributed by atoms with Gasteiger partial charge in [-0.05, 0) is 18.2 Å². The highest BCUT2D eigenvalue weighted by atomic mass is 32.1. The minimum Gasteiger partial charge on any atom is -0.334 e. The summed E-state index contributed by atoms with van der Waals surface area (Å²) >= 11 is 1.50. The van der Waals surface area contributed by atoms with Gasteiger partial charge in [0, 0.05) is 30.9 Å². The highest BCUT2D eigenvalue weighted by Gasteiger charge is 2.09. The van der Waals surface area contributed by atoms with E-state index in [1.165, 1.54) is 11.3 Å². The Morgan fingerprint density at radius 1 is 1.23 bits per heavy atom.